The molecule has 3 rings (SSSR count). The molecule has 3 aromatic rings. The zero-order valence-corrected chi connectivity index (χ0v) is 12.4. The summed E-state index contributed by atoms with van der Waals surface area (Å²) >= 11 is 0. The van der Waals surface area contributed by atoms with Crippen molar-refractivity contribution in [3.63, 3.8) is 0 Å². The Morgan fingerprint density at radius 1 is 1.04 bits per heavy atom. The Kier molecular flexibility index (Phi) is 3.93. The molecule has 1 aromatic heterocycles. The Balaban J connectivity index is 1.96. The van der Waals surface area contributed by atoms with E-state index in [4.69, 9.17) is 4.18 Å². The Hall–Kier alpha value is -2.95. The average molecular weight is 356 g/mol. The summed E-state index contributed by atoms with van der Waals surface area (Å²) in [6.45, 7) is 0. The van der Waals surface area contributed by atoms with Gasteiger partial charge in [0.15, 0.2) is 17.5 Å². The van der Waals surface area contributed by atoms with Crippen LogP contribution in [0.25, 0.3) is 5.69 Å². The first-order valence-electron chi connectivity index (χ1n) is 6.30. The Labute approximate surface area is 133 Å². The summed E-state index contributed by atoms with van der Waals surface area (Å²) in [5, 5.41) is 10.5. The van der Waals surface area contributed by atoms with Crippen LogP contribution in [0.5, 0.6) is 5.75 Å². The van der Waals surface area contributed by atoms with Crippen LogP contribution < -0.4 is 4.18 Å². The maximum atomic E-state index is 13.7. The number of nitrogens with zero attached hydrogens (tertiary/aromatic N) is 4. The van der Waals surface area contributed by atoms with Crippen LogP contribution in [0.2, 0.25) is 0 Å². The third-order valence-electron chi connectivity index (χ3n) is 2.91. The highest BCUT2D eigenvalue weighted by atomic mass is 32.2. The number of halogens is 3. The van der Waals surface area contributed by atoms with Gasteiger partial charge in [-0.15, -0.1) is 5.10 Å². The number of rotatable bonds is 4. The molecule has 0 saturated heterocycles. The van der Waals surface area contributed by atoms with Gasteiger partial charge in [-0.2, -0.15) is 8.42 Å². The van der Waals surface area contributed by atoms with Gasteiger partial charge in [-0.05, 0) is 34.7 Å². The zero-order valence-electron chi connectivity index (χ0n) is 11.6. The lowest BCUT2D eigenvalue weighted by molar-refractivity contribution is 0.423. The van der Waals surface area contributed by atoms with Crippen LogP contribution in [0.3, 0.4) is 0 Å². The molecule has 124 valence electrons. The van der Waals surface area contributed by atoms with E-state index in [9.17, 15) is 21.6 Å². The predicted octanol–water partition coefficient (Wildman–Crippen LogP) is 1.85. The molecule has 0 fully saturated rings. The van der Waals surface area contributed by atoms with Crippen molar-refractivity contribution < 1.29 is 25.8 Å². The zero-order chi connectivity index (χ0) is 17.3. The standard InChI is InChI=1S/C13H7F3N4O3S/c14-10-4-5-11(13(16)12(10)15)24(21,22)23-9-3-1-2-8(6-9)20-7-17-18-19-20/h1-7H. The van der Waals surface area contributed by atoms with E-state index in [-0.39, 0.29) is 5.75 Å². The van der Waals surface area contributed by atoms with Gasteiger partial charge in [-0.3, -0.25) is 0 Å². The maximum absolute atomic E-state index is 13.7. The molecule has 24 heavy (non-hydrogen) atoms. The first-order valence-corrected chi connectivity index (χ1v) is 7.71. The summed E-state index contributed by atoms with van der Waals surface area (Å²) in [6, 6.07) is 6.63. The second-order valence-corrected chi connectivity index (χ2v) is 5.98. The summed E-state index contributed by atoms with van der Waals surface area (Å²) < 4.78 is 70.0. The summed E-state index contributed by atoms with van der Waals surface area (Å²) in [5.74, 6) is -5.45. The van der Waals surface area contributed by atoms with Crippen LogP contribution in [-0.2, 0) is 10.1 Å². The maximum Gasteiger partial charge on any atom is 0.342 e. The second kappa shape index (κ2) is 5.92. The SMILES string of the molecule is O=S(=O)(Oc1cccc(-n2cnnn2)c1)c1ccc(F)c(F)c1F. The fraction of sp³-hybridized carbons (Fsp3) is 0. The molecule has 2 aromatic carbocycles. The molecule has 1 heterocycles. The molecular weight excluding hydrogens is 349 g/mol. The molecule has 7 nitrogen and oxygen atoms in total. The molecule has 0 atom stereocenters. The van der Waals surface area contributed by atoms with E-state index in [0.717, 1.165) is 0 Å². The summed E-state index contributed by atoms with van der Waals surface area (Å²) in [4.78, 5) is -1.12. The molecule has 0 aliphatic heterocycles. The van der Waals surface area contributed by atoms with E-state index in [1.54, 1.807) is 6.07 Å². The normalized spacial score (nSPS) is 11.5. The molecule has 0 amide bonds. The van der Waals surface area contributed by atoms with Crippen LogP contribution in [0.1, 0.15) is 0 Å². The molecule has 0 bridgehead atoms. The van der Waals surface area contributed by atoms with Gasteiger partial charge in [0.1, 0.15) is 17.0 Å². The third kappa shape index (κ3) is 2.93. The van der Waals surface area contributed by atoms with Crippen molar-refractivity contribution in [3.8, 4) is 11.4 Å². The van der Waals surface area contributed by atoms with Crippen LogP contribution in [0.15, 0.2) is 47.6 Å². The van der Waals surface area contributed by atoms with E-state index in [2.05, 4.69) is 15.5 Å². The first-order chi connectivity index (χ1) is 11.4. The summed E-state index contributed by atoms with van der Waals surface area (Å²) in [5.41, 5.74) is 0.374. The van der Waals surface area contributed by atoms with Gasteiger partial charge in [0.2, 0.25) is 0 Å². The van der Waals surface area contributed by atoms with Gasteiger partial charge in [0.25, 0.3) is 0 Å². The summed E-state index contributed by atoms with van der Waals surface area (Å²) in [7, 11) is -4.71. The lowest BCUT2D eigenvalue weighted by atomic mass is 10.3. The van der Waals surface area contributed by atoms with E-state index >= 15 is 0 Å². The Morgan fingerprint density at radius 3 is 2.54 bits per heavy atom. The van der Waals surface area contributed by atoms with Crippen LogP contribution >= 0.6 is 0 Å². The topological polar surface area (TPSA) is 87.0 Å². The van der Waals surface area contributed by atoms with Crippen molar-refractivity contribution in [1.82, 2.24) is 20.2 Å². The van der Waals surface area contributed by atoms with Gasteiger partial charge in [-0.1, -0.05) is 6.07 Å². The molecular formula is C13H7F3N4O3S. The molecule has 0 saturated carbocycles. The molecule has 0 spiro atoms. The second-order valence-electron chi connectivity index (χ2n) is 4.46. The van der Waals surface area contributed by atoms with E-state index in [0.29, 0.717) is 17.8 Å². The van der Waals surface area contributed by atoms with Gasteiger partial charge in [-0.25, -0.2) is 17.9 Å². The summed E-state index contributed by atoms with van der Waals surface area (Å²) in [6.07, 6.45) is 1.27. The molecule has 0 aliphatic rings. The fourth-order valence-electron chi connectivity index (χ4n) is 1.83. The highest BCUT2D eigenvalue weighted by molar-refractivity contribution is 7.87. The third-order valence-corrected chi connectivity index (χ3v) is 4.17. The predicted molar refractivity (Wildman–Crippen MR) is 73.3 cm³/mol. The first kappa shape index (κ1) is 15.9. The lowest BCUT2D eigenvalue weighted by Gasteiger charge is -2.09. The molecule has 11 heteroatoms. The van der Waals surface area contributed by atoms with Gasteiger partial charge in [0.05, 0.1) is 5.69 Å². The monoisotopic (exact) mass is 356 g/mol. The Bertz CT molecular complexity index is 994. The van der Waals surface area contributed by atoms with Crippen molar-refractivity contribution in [2.75, 3.05) is 0 Å². The minimum Gasteiger partial charge on any atom is -0.379 e. The molecule has 0 radical (unpaired) electrons. The minimum atomic E-state index is -4.71. The van der Waals surface area contributed by atoms with Crippen molar-refractivity contribution in [2.24, 2.45) is 0 Å². The van der Waals surface area contributed by atoms with Crippen molar-refractivity contribution in [3.05, 3.63) is 60.2 Å². The number of aromatic nitrogens is 4. The van der Waals surface area contributed by atoms with Crippen molar-refractivity contribution >= 4 is 10.1 Å². The fourth-order valence-corrected chi connectivity index (χ4v) is 2.82. The Morgan fingerprint density at radius 2 is 1.83 bits per heavy atom. The van der Waals surface area contributed by atoms with Crippen LogP contribution in [-0.4, -0.2) is 28.6 Å². The van der Waals surface area contributed by atoms with E-state index in [1.165, 1.54) is 29.2 Å². The molecule has 0 unspecified atom stereocenters. The smallest absolute Gasteiger partial charge is 0.342 e. The van der Waals surface area contributed by atoms with E-state index in [1.807, 2.05) is 0 Å². The average Bonchev–Trinajstić information content (AvgIpc) is 3.06. The number of hydrogen-bond donors (Lipinski definition) is 0. The number of hydrogen-bond acceptors (Lipinski definition) is 6. The van der Waals surface area contributed by atoms with E-state index < -0.39 is 32.5 Å². The molecule has 0 aliphatic carbocycles. The van der Waals surface area contributed by atoms with Gasteiger partial charge in [0, 0.05) is 6.07 Å². The van der Waals surface area contributed by atoms with Crippen LogP contribution in [0, 0.1) is 17.5 Å². The largest absolute Gasteiger partial charge is 0.379 e. The number of tetrazole rings is 1. The quantitative estimate of drug-likeness (QED) is 0.524. The highest BCUT2D eigenvalue weighted by Crippen LogP contribution is 2.24. The van der Waals surface area contributed by atoms with Crippen molar-refractivity contribution in [2.45, 2.75) is 4.90 Å². The van der Waals surface area contributed by atoms with Gasteiger partial charge >= 0.3 is 10.1 Å². The lowest BCUT2D eigenvalue weighted by Crippen LogP contribution is -2.13. The van der Waals surface area contributed by atoms with Crippen molar-refractivity contribution in [1.29, 1.82) is 0 Å². The number of benzene rings is 2. The van der Waals surface area contributed by atoms with Crippen LogP contribution in [0.4, 0.5) is 13.2 Å². The minimum absolute atomic E-state index is 0.188. The highest BCUT2D eigenvalue weighted by Gasteiger charge is 2.26. The van der Waals surface area contributed by atoms with Gasteiger partial charge < -0.3 is 4.18 Å². The molecule has 0 N–H and O–H groups in total.